The predicted octanol–water partition coefficient (Wildman–Crippen LogP) is 3.45. The van der Waals surface area contributed by atoms with Gasteiger partial charge in [0.2, 0.25) is 0 Å². The van der Waals surface area contributed by atoms with Crippen LogP contribution in [0.1, 0.15) is 12.0 Å². The molecule has 16 heavy (non-hydrogen) atoms. The van der Waals surface area contributed by atoms with Crippen molar-refractivity contribution in [1.82, 2.24) is 0 Å². The highest BCUT2D eigenvalue weighted by atomic mass is 35.5. The van der Waals surface area contributed by atoms with Gasteiger partial charge >= 0.3 is 0 Å². The third kappa shape index (κ3) is 4.34. The lowest BCUT2D eigenvalue weighted by Crippen LogP contribution is -2.03. The number of ether oxygens (including phenoxy) is 1. The first-order chi connectivity index (χ1) is 7.80. The molecule has 0 aliphatic rings. The molecule has 0 radical (unpaired) electrons. The van der Waals surface area contributed by atoms with Gasteiger partial charge in [-0.25, -0.2) is 0 Å². The fraction of sp³-hybridized carbons (Fsp3) is 0.417. The number of hydrogen-bond donors (Lipinski definition) is 0. The summed E-state index contributed by atoms with van der Waals surface area (Å²) in [6, 6.07) is 10.1. The molecule has 0 saturated heterocycles. The van der Waals surface area contributed by atoms with Crippen molar-refractivity contribution < 1.29 is 4.74 Å². The number of methoxy groups -OCH3 is 1. The van der Waals surface area contributed by atoms with Gasteiger partial charge in [0.05, 0.1) is 13.2 Å². The van der Waals surface area contributed by atoms with E-state index in [-0.39, 0.29) is 5.25 Å². The zero-order chi connectivity index (χ0) is 11.8. The fourth-order valence-corrected chi connectivity index (χ4v) is 2.47. The standard InChI is InChI=1S/C12H14ClNOS/c1-15-11-4-2-10(3-5-11)9-16-12(8-13)6-7-14/h2-5,12H,6,8-9H2,1H3. The molecule has 0 fully saturated rings. The van der Waals surface area contributed by atoms with E-state index in [1.54, 1.807) is 18.9 Å². The van der Waals surface area contributed by atoms with E-state index in [1.807, 2.05) is 24.3 Å². The number of halogens is 1. The average molecular weight is 256 g/mol. The van der Waals surface area contributed by atoms with Crippen molar-refractivity contribution in [2.75, 3.05) is 13.0 Å². The first-order valence-electron chi connectivity index (χ1n) is 4.97. The predicted molar refractivity (Wildman–Crippen MR) is 69.0 cm³/mol. The van der Waals surface area contributed by atoms with Crippen LogP contribution in [0.2, 0.25) is 0 Å². The maximum absolute atomic E-state index is 8.59. The number of nitrogens with zero attached hydrogens (tertiary/aromatic N) is 1. The van der Waals surface area contributed by atoms with E-state index in [1.165, 1.54) is 5.56 Å². The van der Waals surface area contributed by atoms with Crippen molar-refractivity contribution in [3.63, 3.8) is 0 Å². The molecule has 1 unspecified atom stereocenters. The summed E-state index contributed by atoms with van der Waals surface area (Å²) in [6.45, 7) is 0. The van der Waals surface area contributed by atoms with E-state index >= 15 is 0 Å². The van der Waals surface area contributed by atoms with Crippen LogP contribution in [0.15, 0.2) is 24.3 Å². The summed E-state index contributed by atoms with van der Waals surface area (Å²) in [7, 11) is 1.65. The Hall–Kier alpha value is -0.850. The Bertz CT molecular complexity index is 347. The summed E-state index contributed by atoms with van der Waals surface area (Å²) >= 11 is 7.49. The normalized spacial score (nSPS) is 11.8. The number of alkyl halides is 1. The Balaban J connectivity index is 2.44. The van der Waals surface area contributed by atoms with Crippen LogP contribution in [0.4, 0.5) is 0 Å². The Morgan fingerprint density at radius 2 is 2.12 bits per heavy atom. The Labute approximate surface area is 106 Å². The third-order valence-electron chi connectivity index (χ3n) is 2.14. The largest absolute Gasteiger partial charge is 0.497 e. The van der Waals surface area contributed by atoms with Gasteiger partial charge in [-0.05, 0) is 17.7 Å². The molecule has 0 aliphatic carbocycles. The summed E-state index contributed by atoms with van der Waals surface area (Å²) in [5, 5.41) is 8.81. The van der Waals surface area contributed by atoms with Crippen LogP contribution in [0, 0.1) is 11.3 Å². The summed E-state index contributed by atoms with van der Waals surface area (Å²) in [4.78, 5) is 0. The number of hydrogen-bond acceptors (Lipinski definition) is 3. The maximum Gasteiger partial charge on any atom is 0.118 e. The fourth-order valence-electron chi connectivity index (χ4n) is 1.20. The monoisotopic (exact) mass is 255 g/mol. The Morgan fingerprint density at radius 3 is 2.62 bits per heavy atom. The molecule has 1 aromatic rings. The minimum atomic E-state index is 0.216. The highest BCUT2D eigenvalue weighted by molar-refractivity contribution is 7.99. The van der Waals surface area contributed by atoms with Gasteiger partial charge in [0.25, 0.3) is 0 Å². The third-order valence-corrected chi connectivity index (χ3v) is 4.00. The molecular formula is C12H14ClNOS. The molecule has 0 N–H and O–H groups in total. The lowest BCUT2D eigenvalue weighted by Gasteiger charge is -2.09. The summed E-state index contributed by atoms with van der Waals surface area (Å²) in [5.41, 5.74) is 1.22. The Morgan fingerprint density at radius 1 is 1.44 bits per heavy atom. The van der Waals surface area contributed by atoms with Gasteiger partial charge < -0.3 is 4.74 Å². The molecule has 0 heterocycles. The maximum atomic E-state index is 8.59. The van der Waals surface area contributed by atoms with E-state index in [0.717, 1.165) is 11.5 Å². The molecule has 0 spiro atoms. The molecule has 0 aliphatic heterocycles. The van der Waals surface area contributed by atoms with Crippen molar-refractivity contribution in [2.45, 2.75) is 17.4 Å². The molecular weight excluding hydrogens is 242 g/mol. The summed E-state index contributed by atoms with van der Waals surface area (Å²) in [5.74, 6) is 2.26. The van der Waals surface area contributed by atoms with Crippen molar-refractivity contribution >= 4 is 23.4 Å². The molecule has 1 rings (SSSR count). The van der Waals surface area contributed by atoms with E-state index in [2.05, 4.69) is 6.07 Å². The van der Waals surface area contributed by atoms with E-state index in [4.69, 9.17) is 21.6 Å². The van der Waals surface area contributed by atoms with E-state index in [9.17, 15) is 0 Å². The minimum absolute atomic E-state index is 0.216. The van der Waals surface area contributed by atoms with Gasteiger partial charge in [0.1, 0.15) is 5.75 Å². The van der Waals surface area contributed by atoms with Crippen molar-refractivity contribution in [3.8, 4) is 11.8 Å². The van der Waals surface area contributed by atoms with Crippen molar-refractivity contribution in [3.05, 3.63) is 29.8 Å². The highest BCUT2D eigenvalue weighted by Gasteiger charge is 2.07. The molecule has 0 bridgehead atoms. The number of nitriles is 1. The molecule has 1 atom stereocenters. The Kier molecular flexibility index (Phi) is 6.14. The molecule has 2 nitrogen and oxygen atoms in total. The topological polar surface area (TPSA) is 33.0 Å². The van der Waals surface area contributed by atoms with Crippen LogP contribution in [-0.4, -0.2) is 18.2 Å². The smallest absolute Gasteiger partial charge is 0.118 e. The van der Waals surface area contributed by atoms with Crippen LogP contribution in [0.5, 0.6) is 5.75 Å². The molecule has 0 aromatic heterocycles. The van der Waals surface area contributed by atoms with Gasteiger partial charge in [-0.3, -0.25) is 0 Å². The van der Waals surface area contributed by atoms with E-state index in [0.29, 0.717) is 12.3 Å². The van der Waals surface area contributed by atoms with Gasteiger partial charge in [0.15, 0.2) is 0 Å². The van der Waals surface area contributed by atoms with Gasteiger partial charge in [-0.2, -0.15) is 17.0 Å². The second-order valence-electron chi connectivity index (χ2n) is 3.30. The van der Waals surface area contributed by atoms with Crippen LogP contribution >= 0.6 is 23.4 Å². The molecule has 4 heteroatoms. The SMILES string of the molecule is COc1ccc(CSC(CCl)CC#N)cc1. The number of thioether (sulfide) groups is 1. The summed E-state index contributed by atoms with van der Waals surface area (Å²) < 4.78 is 5.08. The first kappa shape index (κ1) is 13.2. The van der Waals surface area contributed by atoms with E-state index < -0.39 is 0 Å². The minimum Gasteiger partial charge on any atom is -0.497 e. The van der Waals surface area contributed by atoms with Crippen molar-refractivity contribution in [2.24, 2.45) is 0 Å². The van der Waals surface area contributed by atoms with Crippen molar-refractivity contribution in [1.29, 1.82) is 5.26 Å². The highest BCUT2D eigenvalue weighted by Crippen LogP contribution is 2.22. The van der Waals surface area contributed by atoms with Gasteiger partial charge in [-0.15, -0.1) is 11.6 Å². The first-order valence-corrected chi connectivity index (χ1v) is 6.56. The lowest BCUT2D eigenvalue weighted by atomic mass is 10.2. The molecule has 1 aromatic carbocycles. The molecule has 86 valence electrons. The van der Waals surface area contributed by atoms with Gasteiger partial charge in [-0.1, -0.05) is 12.1 Å². The van der Waals surface area contributed by atoms with Crippen LogP contribution in [0.25, 0.3) is 0 Å². The second kappa shape index (κ2) is 7.43. The van der Waals surface area contributed by atoms with Crippen LogP contribution in [0.3, 0.4) is 0 Å². The van der Waals surface area contributed by atoms with Crippen LogP contribution in [-0.2, 0) is 5.75 Å². The number of rotatable bonds is 6. The molecule has 0 amide bonds. The number of benzene rings is 1. The summed E-state index contributed by atoms with van der Waals surface area (Å²) in [6.07, 6.45) is 0.504. The lowest BCUT2D eigenvalue weighted by molar-refractivity contribution is 0.414. The zero-order valence-corrected chi connectivity index (χ0v) is 10.7. The molecule has 0 saturated carbocycles. The van der Waals surface area contributed by atoms with Crippen LogP contribution < -0.4 is 4.74 Å². The second-order valence-corrected chi connectivity index (χ2v) is 4.89. The average Bonchev–Trinajstić information content (AvgIpc) is 2.35. The van der Waals surface area contributed by atoms with Gasteiger partial charge in [0, 0.05) is 23.3 Å². The quantitative estimate of drug-likeness (QED) is 0.730. The zero-order valence-electron chi connectivity index (χ0n) is 9.15.